The lowest BCUT2D eigenvalue weighted by Gasteiger charge is -2.38. The van der Waals surface area contributed by atoms with Crippen molar-refractivity contribution in [1.82, 2.24) is 0 Å². The van der Waals surface area contributed by atoms with Crippen molar-refractivity contribution in [1.29, 1.82) is 0 Å². The summed E-state index contributed by atoms with van der Waals surface area (Å²) in [5.41, 5.74) is -2.09. The van der Waals surface area contributed by atoms with Crippen molar-refractivity contribution in [3.05, 3.63) is 34.4 Å². The topological polar surface area (TPSA) is 130 Å². The Balaban J connectivity index is 2.06. The Morgan fingerprint density at radius 1 is 1.09 bits per heavy atom. The Kier molecular flexibility index (Phi) is 6.52. The number of carbonyl (C=O) groups is 3. The third-order valence-corrected chi connectivity index (χ3v) is 8.32. The molecule has 1 fully saturated rings. The van der Waals surface area contributed by atoms with Crippen LogP contribution >= 0.6 is 0 Å². The summed E-state index contributed by atoms with van der Waals surface area (Å²) in [6.07, 6.45) is 0.0744. The van der Waals surface area contributed by atoms with Crippen LogP contribution in [-0.4, -0.2) is 63.1 Å². The summed E-state index contributed by atoms with van der Waals surface area (Å²) in [7, 11) is 0. The number of allylic oxidation sites excluding steroid dienone is 2. The quantitative estimate of drug-likeness (QED) is 0.312. The minimum absolute atomic E-state index is 0.0549. The molecule has 0 heterocycles. The largest absolute Gasteiger partial charge is 0.459 e. The average molecular weight is 477 g/mol. The summed E-state index contributed by atoms with van der Waals surface area (Å²) in [6.45, 7) is 13.0. The number of carbonyl (C=O) groups excluding carboxylic acids is 3. The predicted octanol–water partition coefficient (Wildman–Crippen LogP) is 2.02. The molecule has 0 bridgehead atoms. The average Bonchev–Trinajstić information content (AvgIpc) is 3.05. The van der Waals surface area contributed by atoms with Crippen molar-refractivity contribution >= 4 is 17.7 Å². The molecule has 0 spiro atoms. The van der Waals surface area contributed by atoms with E-state index in [-0.39, 0.29) is 5.57 Å². The van der Waals surface area contributed by atoms with E-state index in [2.05, 4.69) is 0 Å². The highest BCUT2D eigenvalue weighted by molar-refractivity contribution is 5.92. The number of esters is 2. The summed E-state index contributed by atoms with van der Waals surface area (Å²) in [5.74, 6) is -3.98. The number of ether oxygens (including phenoxy) is 2. The van der Waals surface area contributed by atoms with Crippen molar-refractivity contribution in [2.24, 2.45) is 23.2 Å². The van der Waals surface area contributed by atoms with E-state index in [4.69, 9.17) is 9.47 Å². The van der Waals surface area contributed by atoms with Crippen molar-refractivity contribution in [2.75, 3.05) is 6.61 Å². The minimum atomic E-state index is -2.18. The van der Waals surface area contributed by atoms with Crippen molar-refractivity contribution < 1.29 is 39.2 Å². The second-order valence-corrected chi connectivity index (χ2v) is 10.8. The highest BCUT2D eigenvalue weighted by Gasteiger charge is 2.75. The van der Waals surface area contributed by atoms with Crippen LogP contribution in [0.4, 0.5) is 0 Å². The first-order chi connectivity index (χ1) is 15.5. The van der Waals surface area contributed by atoms with Crippen LogP contribution in [0.15, 0.2) is 34.4 Å². The first kappa shape index (κ1) is 26.3. The molecule has 3 rings (SSSR count). The van der Waals surface area contributed by atoms with Crippen LogP contribution in [0, 0.1) is 23.2 Å². The smallest absolute Gasteiger partial charge is 0.334 e. The van der Waals surface area contributed by atoms with E-state index >= 15 is 0 Å². The Morgan fingerprint density at radius 3 is 2.18 bits per heavy atom. The molecule has 0 saturated heterocycles. The molecule has 0 amide bonds. The molecule has 0 aromatic rings. The lowest BCUT2D eigenvalue weighted by molar-refractivity contribution is -0.176. The maximum absolute atomic E-state index is 13.9. The van der Waals surface area contributed by atoms with E-state index < -0.39 is 70.9 Å². The molecule has 8 heteroatoms. The Bertz CT molecular complexity index is 1010. The molecule has 3 N–H and O–H groups in total. The zero-order valence-corrected chi connectivity index (χ0v) is 21.1. The lowest BCUT2D eigenvalue weighted by atomic mass is 9.77. The molecule has 0 radical (unpaired) electrons. The summed E-state index contributed by atoms with van der Waals surface area (Å²) >= 11 is 0. The second kappa shape index (κ2) is 8.43. The number of ketones is 1. The van der Waals surface area contributed by atoms with Crippen LogP contribution in [0.1, 0.15) is 55.4 Å². The zero-order chi connectivity index (χ0) is 26.0. The number of Topliss-reactive ketones (excluding diaryl/α,β-unsaturated/α-hetero) is 1. The lowest BCUT2D eigenvalue weighted by Crippen LogP contribution is -2.58. The van der Waals surface area contributed by atoms with Gasteiger partial charge in [-0.1, -0.05) is 31.6 Å². The van der Waals surface area contributed by atoms with Gasteiger partial charge in [-0.25, -0.2) is 4.79 Å². The van der Waals surface area contributed by atoms with E-state index in [9.17, 15) is 29.7 Å². The molecule has 3 aliphatic rings. The van der Waals surface area contributed by atoms with Gasteiger partial charge in [0.15, 0.2) is 6.10 Å². The molecule has 8 nitrogen and oxygen atoms in total. The van der Waals surface area contributed by atoms with Crippen LogP contribution in [-0.2, 0) is 23.9 Å². The fourth-order valence-electron chi connectivity index (χ4n) is 5.80. The summed E-state index contributed by atoms with van der Waals surface area (Å²) in [6, 6.07) is 0. The minimum Gasteiger partial charge on any atom is -0.459 e. The van der Waals surface area contributed by atoms with E-state index in [1.54, 1.807) is 34.6 Å². The first-order valence-corrected chi connectivity index (χ1v) is 11.5. The van der Waals surface area contributed by atoms with Gasteiger partial charge in [0.25, 0.3) is 0 Å². The van der Waals surface area contributed by atoms with Gasteiger partial charge in [0.05, 0.1) is 12.5 Å². The number of aliphatic hydroxyl groups is 3. The van der Waals surface area contributed by atoms with Crippen LogP contribution in [0.5, 0.6) is 0 Å². The third-order valence-electron chi connectivity index (χ3n) is 8.32. The van der Waals surface area contributed by atoms with Crippen LogP contribution in [0.2, 0.25) is 0 Å². The molecule has 188 valence electrons. The Hall–Kier alpha value is -2.29. The normalized spacial score (nSPS) is 38.2. The van der Waals surface area contributed by atoms with E-state index in [0.717, 1.165) is 5.57 Å². The van der Waals surface area contributed by atoms with Gasteiger partial charge in [0, 0.05) is 29.7 Å². The summed E-state index contributed by atoms with van der Waals surface area (Å²) in [5, 5.41) is 33.1. The van der Waals surface area contributed by atoms with Crippen molar-refractivity contribution in [2.45, 2.75) is 78.8 Å². The molecule has 1 saturated carbocycles. The Morgan fingerprint density at radius 2 is 1.68 bits per heavy atom. The SMILES string of the molecule is CC(=O)O[C@@]1(C)[C@H]([C@@H]2C=C(CO)[C@@H](O)[C@@]3(O)C(C=C(C)[C@@H]3OC(=O)C(C)=C(C)C)C2=O)C1(C)C. The number of rotatable bonds is 5. The molecule has 1 unspecified atom stereocenters. The fourth-order valence-corrected chi connectivity index (χ4v) is 5.80. The molecule has 0 aliphatic heterocycles. The number of hydrogen-bond donors (Lipinski definition) is 3. The zero-order valence-electron chi connectivity index (χ0n) is 21.1. The van der Waals surface area contributed by atoms with E-state index in [1.165, 1.54) is 19.1 Å². The first-order valence-electron chi connectivity index (χ1n) is 11.5. The van der Waals surface area contributed by atoms with Gasteiger partial charge in [-0.05, 0) is 45.8 Å². The number of aliphatic hydroxyl groups excluding tert-OH is 2. The molecule has 0 aromatic carbocycles. The fraction of sp³-hybridized carbons (Fsp3) is 0.654. The molecule has 34 heavy (non-hydrogen) atoms. The summed E-state index contributed by atoms with van der Waals surface area (Å²) < 4.78 is 11.2. The van der Waals surface area contributed by atoms with Crippen LogP contribution < -0.4 is 0 Å². The maximum atomic E-state index is 13.9. The molecular formula is C26H36O8. The van der Waals surface area contributed by atoms with Crippen LogP contribution in [0.25, 0.3) is 0 Å². The van der Waals surface area contributed by atoms with Gasteiger partial charge >= 0.3 is 11.9 Å². The van der Waals surface area contributed by atoms with Gasteiger partial charge in [-0.2, -0.15) is 0 Å². The van der Waals surface area contributed by atoms with Gasteiger partial charge in [0.2, 0.25) is 0 Å². The van der Waals surface area contributed by atoms with Crippen molar-refractivity contribution in [3.63, 3.8) is 0 Å². The predicted molar refractivity (Wildman–Crippen MR) is 123 cm³/mol. The monoisotopic (exact) mass is 476 g/mol. The van der Waals surface area contributed by atoms with Gasteiger partial charge in [-0.3, -0.25) is 9.59 Å². The second-order valence-electron chi connectivity index (χ2n) is 10.8. The highest BCUT2D eigenvalue weighted by atomic mass is 16.6. The Labute approximate surface area is 200 Å². The number of fused-ring (bicyclic) bond motifs is 1. The molecular weight excluding hydrogens is 440 g/mol. The van der Waals surface area contributed by atoms with Gasteiger partial charge in [-0.15, -0.1) is 0 Å². The van der Waals surface area contributed by atoms with Gasteiger partial charge in [0.1, 0.15) is 23.1 Å². The standard InChI is InChI=1S/C26H36O8/c1-12(2)14(4)23(31)33-22-13(3)9-18-19(29)17(10-16(11-27)21(30)26(18,22)32)20-24(6,7)25(20,8)34-15(5)28/h9-10,17-18,20-22,27,30,32H,11H2,1-8H3/t17-,18?,20-,21-,22+,25+,26+/m1/s1. The summed E-state index contributed by atoms with van der Waals surface area (Å²) in [4.78, 5) is 38.3. The van der Waals surface area contributed by atoms with E-state index in [1.807, 2.05) is 13.8 Å². The van der Waals surface area contributed by atoms with E-state index in [0.29, 0.717) is 11.1 Å². The number of hydrogen-bond acceptors (Lipinski definition) is 8. The van der Waals surface area contributed by atoms with Crippen LogP contribution in [0.3, 0.4) is 0 Å². The van der Waals surface area contributed by atoms with Crippen molar-refractivity contribution in [3.8, 4) is 0 Å². The highest BCUT2D eigenvalue weighted by Crippen LogP contribution is 2.68. The van der Waals surface area contributed by atoms with Gasteiger partial charge < -0.3 is 24.8 Å². The third kappa shape index (κ3) is 3.67. The molecule has 0 aromatic heterocycles. The molecule has 7 atom stereocenters. The molecule has 3 aliphatic carbocycles. The maximum Gasteiger partial charge on any atom is 0.334 e.